The van der Waals surface area contributed by atoms with Gasteiger partial charge in [0.15, 0.2) is 0 Å². The Balaban J connectivity index is 2.57. The molecule has 0 aliphatic rings. The number of aromatic nitrogens is 1. The van der Waals surface area contributed by atoms with E-state index in [1.54, 1.807) is 17.6 Å². The molecule has 1 aromatic heterocycles. The molecule has 0 radical (unpaired) electrons. The van der Waals surface area contributed by atoms with Gasteiger partial charge in [0.25, 0.3) is 0 Å². The molecule has 1 heterocycles. The van der Waals surface area contributed by atoms with E-state index < -0.39 is 0 Å². The minimum absolute atomic E-state index is 0.242. The van der Waals surface area contributed by atoms with E-state index in [2.05, 4.69) is 20.9 Å². The van der Waals surface area contributed by atoms with E-state index in [4.69, 9.17) is 0 Å². The largest absolute Gasteiger partial charge is 0.245 e. The van der Waals surface area contributed by atoms with Gasteiger partial charge in [-0.3, -0.25) is 0 Å². The maximum Gasteiger partial charge on any atom is 0.132 e. The first-order chi connectivity index (χ1) is 6.27. The Bertz CT molecular complexity index is 414. The Morgan fingerprint density at radius 1 is 1.38 bits per heavy atom. The van der Waals surface area contributed by atoms with Crippen LogP contribution in [-0.4, -0.2) is 4.98 Å². The van der Waals surface area contributed by atoms with Gasteiger partial charge in [0.1, 0.15) is 5.82 Å². The summed E-state index contributed by atoms with van der Waals surface area (Å²) in [7, 11) is 0. The lowest BCUT2D eigenvalue weighted by atomic mass is 10.2. The summed E-state index contributed by atoms with van der Waals surface area (Å²) in [6, 6.07) is 4.83. The quantitative estimate of drug-likeness (QED) is 0.759. The van der Waals surface area contributed by atoms with Gasteiger partial charge in [-0.15, -0.1) is 11.3 Å². The first-order valence-corrected chi connectivity index (χ1v) is 5.34. The summed E-state index contributed by atoms with van der Waals surface area (Å²) >= 11 is 4.75. The lowest BCUT2D eigenvalue weighted by Gasteiger charge is -1.99. The number of hydrogen-bond donors (Lipinski definition) is 0. The normalized spacial score (nSPS) is 10.3. The Kier molecular flexibility index (Phi) is 2.42. The predicted molar refractivity (Wildman–Crippen MR) is 55.2 cm³/mol. The molecule has 0 atom stereocenters. The van der Waals surface area contributed by atoms with Crippen molar-refractivity contribution in [2.45, 2.75) is 0 Å². The molecule has 0 aliphatic carbocycles. The van der Waals surface area contributed by atoms with Gasteiger partial charge in [0.05, 0.1) is 11.2 Å². The molecule has 1 aromatic carbocycles. The molecule has 0 aliphatic heterocycles. The molecule has 0 N–H and O–H groups in total. The van der Waals surface area contributed by atoms with Crippen molar-refractivity contribution in [3.63, 3.8) is 0 Å². The van der Waals surface area contributed by atoms with Crippen molar-refractivity contribution in [3.05, 3.63) is 39.4 Å². The van der Waals surface area contributed by atoms with Crippen LogP contribution >= 0.6 is 27.3 Å². The Labute approximate surface area is 87.4 Å². The minimum atomic E-state index is -0.242. The zero-order valence-electron chi connectivity index (χ0n) is 6.50. The first kappa shape index (κ1) is 8.84. The van der Waals surface area contributed by atoms with Crippen LogP contribution in [0, 0.1) is 5.82 Å². The molecule has 1 nitrogen and oxygen atoms in total. The molecule has 66 valence electrons. The molecular formula is C9H5BrFNS. The molecular weight excluding hydrogens is 253 g/mol. The first-order valence-electron chi connectivity index (χ1n) is 3.61. The summed E-state index contributed by atoms with van der Waals surface area (Å²) in [5.41, 5.74) is 2.91. The molecule has 13 heavy (non-hydrogen) atoms. The Morgan fingerprint density at radius 3 is 2.92 bits per heavy atom. The van der Waals surface area contributed by atoms with E-state index in [1.165, 1.54) is 17.4 Å². The van der Waals surface area contributed by atoms with Gasteiger partial charge >= 0.3 is 0 Å². The number of thiazole rings is 1. The summed E-state index contributed by atoms with van der Waals surface area (Å²) in [6.45, 7) is 0. The summed E-state index contributed by atoms with van der Waals surface area (Å²) in [4.78, 5) is 4.05. The molecule has 0 bridgehead atoms. The van der Waals surface area contributed by atoms with Crippen molar-refractivity contribution >= 4 is 27.3 Å². The van der Waals surface area contributed by atoms with Crippen molar-refractivity contribution in [1.29, 1.82) is 0 Å². The number of halogens is 2. The van der Waals surface area contributed by atoms with Crippen LogP contribution in [0.1, 0.15) is 0 Å². The van der Waals surface area contributed by atoms with E-state index in [-0.39, 0.29) is 5.82 Å². The lowest BCUT2D eigenvalue weighted by molar-refractivity contribution is 0.630. The fraction of sp³-hybridized carbons (Fsp3) is 0. The van der Waals surface area contributed by atoms with Gasteiger partial charge in [0, 0.05) is 15.4 Å². The third kappa shape index (κ3) is 1.78. The minimum Gasteiger partial charge on any atom is -0.245 e. The third-order valence-corrected chi connectivity index (χ3v) is 2.72. The van der Waals surface area contributed by atoms with Crippen molar-refractivity contribution in [1.82, 2.24) is 4.98 Å². The predicted octanol–water partition coefficient (Wildman–Crippen LogP) is 3.71. The highest BCUT2D eigenvalue weighted by Gasteiger charge is 2.06. The zero-order valence-corrected chi connectivity index (χ0v) is 8.90. The molecule has 2 rings (SSSR count). The molecule has 0 saturated carbocycles. The van der Waals surface area contributed by atoms with Crippen LogP contribution in [0.15, 0.2) is 33.6 Å². The van der Waals surface area contributed by atoms with Gasteiger partial charge in [-0.25, -0.2) is 9.37 Å². The monoisotopic (exact) mass is 257 g/mol. The second-order valence-electron chi connectivity index (χ2n) is 2.50. The highest BCUT2D eigenvalue weighted by Crippen LogP contribution is 2.25. The lowest BCUT2D eigenvalue weighted by Crippen LogP contribution is -1.83. The average molecular weight is 258 g/mol. The van der Waals surface area contributed by atoms with Crippen LogP contribution in [0.3, 0.4) is 0 Å². The highest BCUT2D eigenvalue weighted by molar-refractivity contribution is 9.10. The van der Waals surface area contributed by atoms with Gasteiger partial charge < -0.3 is 0 Å². The van der Waals surface area contributed by atoms with Crippen LogP contribution < -0.4 is 0 Å². The van der Waals surface area contributed by atoms with Gasteiger partial charge in [-0.2, -0.15) is 0 Å². The number of hydrogen-bond acceptors (Lipinski definition) is 2. The van der Waals surface area contributed by atoms with Crippen LogP contribution in [0.2, 0.25) is 0 Å². The van der Waals surface area contributed by atoms with Gasteiger partial charge in [-0.1, -0.05) is 15.9 Å². The Hall–Kier alpha value is -0.740. The van der Waals surface area contributed by atoms with Gasteiger partial charge in [0.2, 0.25) is 0 Å². The summed E-state index contributed by atoms with van der Waals surface area (Å²) in [6.07, 6.45) is 0. The Morgan fingerprint density at radius 2 is 2.23 bits per heavy atom. The molecule has 0 unspecified atom stereocenters. The molecule has 0 amide bonds. The van der Waals surface area contributed by atoms with Crippen LogP contribution in [0.4, 0.5) is 4.39 Å². The smallest absolute Gasteiger partial charge is 0.132 e. The molecule has 0 fully saturated rings. The topological polar surface area (TPSA) is 12.9 Å². The van der Waals surface area contributed by atoms with Gasteiger partial charge in [-0.05, 0) is 18.2 Å². The van der Waals surface area contributed by atoms with Crippen molar-refractivity contribution in [2.24, 2.45) is 0 Å². The summed E-state index contributed by atoms with van der Waals surface area (Å²) in [5, 5.41) is 1.82. The molecule has 2 aromatic rings. The van der Waals surface area contributed by atoms with Crippen LogP contribution in [0.25, 0.3) is 11.3 Å². The number of nitrogens with zero attached hydrogens (tertiary/aromatic N) is 1. The van der Waals surface area contributed by atoms with E-state index in [9.17, 15) is 4.39 Å². The number of rotatable bonds is 1. The van der Waals surface area contributed by atoms with Crippen LogP contribution in [-0.2, 0) is 0 Å². The molecule has 4 heteroatoms. The van der Waals surface area contributed by atoms with Crippen molar-refractivity contribution in [2.75, 3.05) is 0 Å². The average Bonchev–Trinajstić information content (AvgIpc) is 2.61. The SMILES string of the molecule is Fc1ccc(Br)cc1-c1cscn1. The molecule has 0 spiro atoms. The zero-order chi connectivity index (χ0) is 9.26. The van der Waals surface area contributed by atoms with E-state index in [1.807, 2.05) is 5.38 Å². The maximum absolute atomic E-state index is 13.3. The summed E-state index contributed by atoms with van der Waals surface area (Å²) < 4.78 is 14.1. The van der Waals surface area contributed by atoms with Crippen molar-refractivity contribution < 1.29 is 4.39 Å². The highest BCUT2D eigenvalue weighted by atomic mass is 79.9. The number of benzene rings is 1. The fourth-order valence-corrected chi connectivity index (χ4v) is 1.95. The van der Waals surface area contributed by atoms with E-state index in [0.29, 0.717) is 11.3 Å². The van der Waals surface area contributed by atoms with Crippen LogP contribution in [0.5, 0.6) is 0 Å². The van der Waals surface area contributed by atoms with E-state index in [0.717, 1.165) is 4.47 Å². The third-order valence-electron chi connectivity index (χ3n) is 1.64. The standard InChI is InChI=1S/C9H5BrFNS/c10-6-1-2-8(11)7(3-6)9-4-13-5-12-9/h1-5H. The van der Waals surface area contributed by atoms with E-state index >= 15 is 0 Å². The fourth-order valence-electron chi connectivity index (χ4n) is 1.04. The van der Waals surface area contributed by atoms with Crippen molar-refractivity contribution in [3.8, 4) is 11.3 Å². The maximum atomic E-state index is 13.3. The summed E-state index contributed by atoms with van der Waals surface area (Å²) in [5.74, 6) is -0.242. The second kappa shape index (κ2) is 3.55. The second-order valence-corrected chi connectivity index (χ2v) is 4.13. The molecule has 0 saturated heterocycles.